The van der Waals surface area contributed by atoms with Crippen LogP contribution in [0.3, 0.4) is 0 Å². The fraction of sp³-hybridized carbons (Fsp3) is 0.111. The van der Waals surface area contributed by atoms with Crippen molar-refractivity contribution in [3.8, 4) is 5.75 Å². The number of nitrogens with zero attached hydrogens (tertiary/aromatic N) is 2. The number of aromatic nitrogens is 2. The molecule has 2 aromatic heterocycles. The molecule has 0 aromatic carbocycles. The molecule has 2 rings (SSSR count). The Balaban J connectivity index is 2.02. The van der Waals surface area contributed by atoms with Crippen LogP contribution in [0.4, 0.5) is 4.39 Å². The molecule has 0 N–H and O–H groups in total. The lowest BCUT2D eigenvalue weighted by Gasteiger charge is -2.03. The van der Waals surface area contributed by atoms with Crippen LogP contribution in [0.1, 0.15) is 5.56 Å². The lowest BCUT2D eigenvalue weighted by Crippen LogP contribution is -1.97. The van der Waals surface area contributed by atoms with Gasteiger partial charge in [-0.15, -0.1) is 0 Å². The third-order valence-electron chi connectivity index (χ3n) is 1.60. The van der Waals surface area contributed by atoms with Crippen LogP contribution in [0.25, 0.3) is 0 Å². The highest BCUT2D eigenvalue weighted by atomic mass is 19.1. The molecule has 2 heterocycles. The van der Waals surface area contributed by atoms with Gasteiger partial charge in [0.25, 0.3) is 5.95 Å². The standard InChI is InChI=1S/C9H7FN2O2/c10-9-8(2-1-3-11-9)13-5-7-4-12-14-6-7/h1-4,6H,5H2. The second-order valence-corrected chi connectivity index (χ2v) is 2.61. The average molecular weight is 194 g/mol. The second-order valence-electron chi connectivity index (χ2n) is 2.61. The first-order valence-corrected chi connectivity index (χ1v) is 3.98. The molecule has 4 nitrogen and oxygen atoms in total. The molecular weight excluding hydrogens is 187 g/mol. The third kappa shape index (κ3) is 1.87. The topological polar surface area (TPSA) is 48.2 Å². The summed E-state index contributed by atoms with van der Waals surface area (Å²) in [5, 5.41) is 3.49. The van der Waals surface area contributed by atoms with Gasteiger partial charge < -0.3 is 9.26 Å². The largest absolute Gasteiger partial charge is 0.484 e. The second kappa shape index (κ2) is 3.87. The summed E-state index contributed by atoms with van der Waals surface area (Å²) < 4.78 is 22.7. The fourth-order valence-electron chi connectivity index (χ4n) is 0.938. The maximum Gasteiger partial charge on any atom is 0.255 e. The van der Waals surface area contributed by atoms with Crippen molar-refractivity contribution in [1.82, 2.24) is 10.1 Å². The molecule has 0 fully saturated rings. The molecule has 0 bridgehead atoms. The summed E-state index contributed by atoms with van der Waals surface area (Å²) in [5.41, 5.74) is 0.744. The van der Waals surface area contributed by atoms with Crippen molar-refractivity contribution in [2.75, 3.05) is 0 Å². The Labute approximate surface area is 79.3 Å². The first-order chi connectivity index (χ1) is 6.86. The van der Waals surface area contributed by atoms with E-state index < -0.39 is 5.95 Å². The number of halogens is 1. The highest BCUT2D eigenvalue weighted by molar-refractivity contribution is 5.18. The predicted molar refractivity (Wildman–Crippen MR) is 45.0 cm³/mol. The quantitative estimate of drug-likeness (QED) is 0.699. The zero-order chi connectivity index (χ0) is 9.80. The maximum absolute atomic E-state index is 12.9. The van der Waals surface area contributed by atoms with Gasteiger partial charge in [-0.1, -0.05) is 5.16 Å². The van der Waals surface area contributed by atoms with E-state index in [4.69, 9.17) is 4.74 Å². The third-order valence-corrected chi connectivity index (χ3v) is 1.60. The minimum absolute atomic E-state index is 0.119. The highest BCUT2D eigenvalue weighted by Gasteiger charge is 2.03. The Kier molecular flexibility index (Phi) is 2.40. The van der Waals surface area contributed by atoms with Gasteiger partial charge >= 0.3 is 0 Å². The molecule has 2 aromatic rings. The molecule has 0 unspecified atom stereocenters. The predicted octanol–water partition coefficient (Wildman–Crippen LogP) is 1.79. The summed E-state index contributed by atoms with van der Waals surface area (Å²) in [6.45, 7) is 0.214. The van der Waals surface area contributed by atoms with Crippen LogP contribution in [-0.2, 0) is 6.61 Å². The lowest BCUT2D eigenvalue weighted by atomic mass is 10.4. The zero-order valence-electron chi connectivity index (χ0n) is 7.18. The molecule has 0 aliphatic heterocycles. The number of rotatable bonds is 3. The first kappa shape index (κ1) is 8.68. The van der Waals surface area contributed by atoms with Crippen molar-refractivity contribution < 1.29 is 13.7 Å². The van der Waals surface area contributed by atoms with E-state index in [1.807, 2.05) is 0 Å². The van der Waals surface area contributed by atoms with Gasteiger partial charge in [0, 0.05) is 11.8 Å². The van der Waals surface area contributed by atoms with Crippen LogP contribution in [0.15, 0.2) is 35.3 Å². The van der Waals surface area contributed by atoms with E-state index >= 15 is 0 Å². The SMILES string of the molecule is Fc1ncccc1OCc1cnoc1. The average Bonchev–Trinajstić information content (AvgIpc) is 2.69. The Morgan fingerprint density at radius 2 is 2.43 bits per heavy atom. The molecular formula is C9H7FN2O2. The van der Waals surface area contributed by atoms with Crippen LogP contribution in [0.2, 0.25) is 0 Å². The molecule has 5 heteroatoms. The summed E-state index contributed by atoms with van der Waals surface area (Å²) in [6.07, 6.45) is 4.31. The maximum atomic E-state index is 12.9. The summed E-state index contributed by atoms with van der Waals surface area (Å²) >= 11 is 0. The molecule has 0 spiro atoms. The van der Waals surface area contributed by atoms with E-state index in [0.717, 1.165) is 5.56 Å². The van der Waals surface area contributed by atoms with Crippen molar-refractivity contribution in [1.29, 1.82) is 0 Å². The Morgan fingerprint density at radius 3 is 3.14 bits per heavy atom. The van der Waals surface area contributed by atoms with Gasteiger partial charge in [-0.25, -0.2) is 4.98 Å². The van der Waals surface area contributed by atoms with Crippen LogP contribution < -0.4 is 4.74 Å². The van der Waals surface area contributed by atoms with Gasteiger partial charge in [0.2, 0.25) is 0 Å². The molecule has 72 valence electrons. The normalized spacial score (nSPS) is 10.1. The van der Waals surface area contributed by atoms with E-state index in [1.165, 1.54) is 24.7 Å². The van der Waals surface area contributed by atoms with Crippen LogP contribution in [0.5, 0.6) is 5.75 Å². The van der Waals surface area contributed by atoms with Crippen LogP contribution in [-0.4, -0.2) is 10.1 Å². The molecule has 14 heavy (non-hydrogen) atoms. The van der Waals surface area contributed by atoms with E-state index in [1.54, 1.807) is 6.07 Å². The minimum Gasteiger partial charge on any atom is -0.484 e. The van der Waals surface area contributed by atoms with Gasteiger partial charge in [-0.3, -0.25) is 0 Å². The van der Waals surface area contributed by atoms with Gasteiger partial charge in [0.05, 0.1) is 6.20 Å². The van der Waals surface area contributed by atoms with Crippen molar-refractivity contribution in [2.45, 2.75) is 6.61 Å². The monoisotopic (exact) mass is 194 g/mol. The summed E-state index contributed by atoms with van der Waals surface area (Å²) in [5.74, 6) is -0.502. The highest BCUT2D eigenvalue weighted by Crippen LogP contribution is 2.14. The van der Waals surface area contributed by atoms with Crippen molar-refractivity contribution in [3.63, 3.8) is 0 Å². The minimum atomic E-state index is -0.621. The van der Waals surface area contributed by atoms with Gasteiger partial charge in [0.15, 0.2) is 5.75 Å². The molecule has 0 saturated heterocycles. The summed E-state index contributed by atoms with van der Waals surface area (Å²) in [6, 6.07) is 3.11. The smallest absolute Gasteiger partial charge is 0.255 e. The van der Waals surface area contributed by atoms with E-state index in [-0.39, 0.29) is 12.4 Å². The Morgan fingerprint density at radius 1 is 1.50 bits per heavy atom. The van der Waals surface area contributed by atoms with E-state index in [2.05, 4.69) is 14.7 Å². The van der Waals surface area contributed by atoms with Crippen LogP contribution >= 0.6 is 0 Å². The van der Waals surface area contributed by atoms with Crippen LogP contribution in [0, 0.1) is 5.95 Å². The number of pyridine rings is 1. The molecule has 0 radical (unpaired) electrons. The fourth-order valence-corrected chi connectivity index (χ4v) is 0.938. The number of hydrogen-bond donors (Lipinski definition) is 0. The van der Waals surface area contributed by atoms with Gasteiger partial charge in [-0.2, -0.15) is 4.39 Å². The van der Waals surface area contributed by atoms with E-state index in [0.29, 0.717) is 0 Å². The molecule has 0 atom stereocenters. The summed E-state index contributed by atoms with van der Waals surface area (Å²) in [7, 11) is 0. The molecule has 0 saturated carbocycles. The van der Waals surface area contributed by atoms with Crippen molar-refractivity contribution in [2.24, 2.45) is 0 Å². The van der Waals surface area contributed by atoms with Crippen molar-refractivity contribution >= 4 is 0 Å². The van der Waals surface area contributed by atoms with E-state index in [9.17, 15) is 4.39 Å². The van der Waals surface area contributed by atoms with Gasteiger partial charge in [0.1, 0.15) is 12.9 Å². The first-order valence-electron chi connectivity index (χ1n) is 3.98. The number of ether oxygens (including phenoxy) is 1. The molecule has 0 amide bonds. The summed E-state index contributed by atoms with van der Waals surface area (Å²) in [4.78, 5) is 3.45. The Bertz CT molecular complexity index is 403. The van der Waals surface area contributed by atoms with Crippen molar-refractivity contribution in [3.05, 3.63) is 42.3 Å². The zero-order valence-corrected chi connectivity index (χ0v) is 7.18. The Hall–Kier alpha value is -1.91. The number of hydrogen-bond acceptors (Lipinski definition) is 4. The molecule has 0 aliphatic carbocycles. The van der Waals surface area contributed by atoms with Gasteiger partial charge in [-0.05, 0) is 12.1 Å². The lowest BCUT2D eigenvalue weighted by molar-refractivity contribution is 0.284. The molecule has 0 aliphatic rings.